The number of nitro benzene ring substituents is 1. The Hall–Kier alpha value is -2.73. The van der Waals surface area contributed by atoms with Crippen LogP contribution in [0.2, 0.25) is 5.02 Å². The molecule has 0 saturated heterocycles. The maximum Gasteiger partial charge on any atom is 0.269 e. The van der Waals surface area contributed by atoms with Crippen LogP contribution in [0, 0.1) is 10.1 Å². The van der Waals surface area contributed by atoms with Crippen molar-refractivity contribution >= 4 is 29.0 Å². The van der Waals surface area contributed by atoms with Crippen molar-refractivity contribution in [3.05, 3.63) is 73.8 Å². The average molecular weight is 401 g/mol. The average Bonchev–Trinajstić information content (AvgIpc) is 3.15. The van der Waals surface area contributed by atoms with Gasteiger partial charge in [-0.3, -0.25) is 19.7 Å². The van der Waals surface area contributed by atoms with E-state index in [0.717, 1.165) is 19.3 Å². The van der Waals surface area contributed by atoms with E-state index in [0.29, 0.717) is 16.1 Å². The largest absolute Gasteiger partial charge is 0.341 e. The lowest BCUT2D eigenvalue weighted by molar-refractivity contribution is -0.384. The molecular formula is C21H21ClN2O4. The van der Waals surface area contributed by atoms with E-state index in [2.05, 4.69) is 0 Å². The Morgan fingerprint density at radius 1 is 1.11 bits per heavy atom. The second-order valence-electron chi connectivity index (χ2n) is 7.04. The fourth-order valence-corrected chi connectivity index (χ4v) is 3.62. The maximum atomic E-state index is 12.4. The molecule has 6 nitrogen and oxygen atoms in total. The number of non-ortho nitro benzene ring substituents is 1. The Kier molecular flexibility index (Phi) is 6.09. The molecule has 0 aliphatic heterocycles. The summed E-state index contributed by atoms with van der Waals surface area (Å²) >= 11 is 6.09. The monoisotopic (exact) mass is 400 g/mol. The number of fused-ring (bicyclic) bond motifs is 1. The highest BCUT2D eigenvalue weighted by atomic mass is 35.5. The number of aryl methyl sites for hydroxylation is 2. The first-order chi connectivity index (χ1) is 13.3. The number of amides is 1. The van der Waals surface area contributed by atoms with Crippen molar-refractivity contribution in [2.45, 2.75) is 38.6 Å². The van der Waals surface area contributed by atoms with Crippen molar-refractivity contribution in [3.63, 3.8) is 0 Å². The van der Waals surface area contributed by atoms with E-state index in [9.17, 15) is 19.7 Å². The first kappa shape index (κ1) is 20.0. The fourth-order valence-electron chi connectivity index (χ4n) is 3.44. The van der Waals surface area contributed by atoms with Gasteiger partial charge in [0.1, 0.15) is 0 Å². The van der Waals surface area contributed by atoms with E-state index in [4.69, 9.17) is 11.6 Å². The van der Waals surface area contributed by atoms with E-state index >= 15 is 0 Å². The molecular weight excluding hydrogens is 380 g/mol. The first-order valence-electron chi connectivity index (χ1n) is 9.17. The SMILES string of the molecule is CN(Cc1cc([N+](=O)[O-])ccc1Cl)C(=O)CCC(=O)c1ccc2c(c1)CCC2. The van der Waals surface area contributed by atoms with Crippen LogP contribution in [0.15, 0.2) is 36.4 Å². The van der Waals surface area contributed by atoms with Gasteiger partial charge >= 0.3 is 0 Å². The number of rotatable bonds is 7. The molecule has 7 heteroatoms. The van der Waals surface area contributed by atoms with Crippen LogP contribution in [-0.4, -0.2) is 28.6 Å². The Morgan fingerprint density at radius 2 is 1.86 bits per heavy atom. The molecule has 0 aromatic heterocycles. The molecule has 0 saturated carbocycles. The second kappa shape index (κ2) is 8.52. The van der Waals surface area contributed by atoms with Gasteiger partial charge in [-0.15, -0.1) is 0 Å². The Bertz CT molecular complexity index is 942. The molecule has 0 heterocycles. The van der Waals surface area contributed by atoms with Gasteiger partial charge in [0.05, 0.1) is 4.92 Å². The van der Waals surface area contributed by atoms with Crippen LogP contribution < -0.4 is 0 Å². The molecule has 146 valence electrons. The van der Waals surface area contributed by atoms with Gasteiger partial charge in [-0.1, -0.05) is 23.7 Å². The Balaban J connectivity index is 1.58. The molecule has 0 fully saturated rings. The van der Waals surface area contributed by atoms with Gasteiger partial charge in [0.2, 0.25) is 5.91 Å². The number of nitro groups is 1. The normalized spacial score (nSPS) is 12.5. The molecule has 1 amide bonds. The Morgan fingerprint density at radius 3 is 2.61 bits per heavy atom. The van der Waals surface area contributed by atoms with Crippen LogP contribution >= 0.6 is 11.6 Å². The highest BCUT2D eigenvalue weighted by Gasteiger charge is 2.18. The van der Waals surface area contributed by atoms with Crippen molar-refractivity contribution < 1.29 is 14.5 Å². The van der Waals surface area contributed by atoms with Gasteiger partial charge in [0.15, 0.2) is 5.78 Å². The Labute approximate surface area is 168 Å². The minimum Gasteiger partial charge on any atom is -0.341 e. The van der Waals surface area contributed by atoms with Gasteiger partial charge in [-0.25, -0.2) is 0 Å². The van der Waals surface area contributed by atoms with E-state index in [-0.39, 0.29) is 36.8 Å². The summed E-state index contributed by atoms with van der Waals surface area (Å²) < 4.78 is 0. The number of carbonyl (C=O) groups excluding carboxylic acids is 2. The summed E-state index contributed by atoms with van der Waals surface area (Å²) in [6.07, 6.45) is 3.40. The van der Waals surface area contributed by atoms with Crippen molar-refractivity contribution in [1.29, 1.82) is 0 Å². The summed E-state index contributed by atoms with van der Waals surface area (Å²) in [5.74, 6) is -0.262. The third-order valence-corrected chi connectivity index (χ3v) is 5.43. The molecule has 1 aliphatic rings. The number of nitrogens with zero attached hydrogens (tertiary/aromatic N) is 2. The van der Waals surface area contributed by atoms with Crippen LogP contribution in [0.3, 0.4) is 0 Å². The van der Waals surface area contributed by atoms with Crippen LogP contribution in [0.25, 0.3) is 0 Å². The molecule has 0 N–H and O–H groups in total. The van der Waals surface area contributed by atoms with Crippen LogP contribution in [0.4, 0.5) is 5.69 Å². The molecule has 2 aromatic carbocycles. The van der Waals surface area contributed by atoms with E-state index in [1.54, 1.807) is 7.05 Å². The van der Waals surface area contributed by atoms with Gasteiger partial charge in [-0.2, -0.15) is 0 Å². The zero-order chi connectivity index (χ0) is 20.3. The molecule has 28 heavy (non-hydrogen) atoms. The standard InChI is InChI=1S/C21H21ClN2O4/c1-23(13-17-12-18(24(27)28)7-8-19(17)22)21(26)10-9-20(25)16-6-5-14-3-2-4-15(14)11-16/h5-8,11-12H,2-4,9-10,13H2,1H3. The van der Waals surface area contributed by atoms with Crippen molar-refractivity contribution in [2.24, 2.45) is 0 Å². The van der Waals surface area contributed by atoms with Gasteiger partial charge < -0.3 is 4.90 Å². The molecule has 0 spiro atoms. The maximum absolute atomic E-state index is 12.4. The zero-order valence-corrected chi connectivity index (χ0v) is 16.4. The third kappa shape index (κ3) is 4.57. The summed E-state index contributed by atoms with van der Waals surface area (Å²) in [6.45, 7) is 0.145. The topological polar surface area (TPSA) is 80.5 Å². The second-order valence-corrected chi connectivity index (χ2v) is 7.45. The van der Waals surface area contributed by atoms with Crippen LogP contribution in [-0.2, 0) is 24.2 Å². The molecule has 2 aromatic rings. The van der Waals surface area contributed by atoms with E-state index in [1.165, 1.54) is 34.2 Å². The summed E-state index contributed by atoms with van der Waals surface area (Å²) in [5, 5.41) is 11.3. The molecule has 0 radical (unpaired) electrons. The van der Waals surface area contributed by atoms with Crippen molar-refractivity contribution in [2.75, 3.05) is 7.05 Å². The van der Waals surface area contributed by atoms with Gasteiger partial charge in [-0.05, 0) is 48.1 Å². The number of hydrogen-bond donors (Lipinski definition) is 0. The summed E-state index contributed by atoms with van der Waals surface area (Å²) in [6, 6.07) is 9.93. The third-order valence-electron chi connectivity index (χ3n) is 5.06. The summed E-state index contributed by atoms with van der Waals surface area (Å²) in [4.78, 5) is 36.7. The fraction of sp³-hybridized carbons (Fsp3) is 0.333. The molecule has 0 unspecified atom stereocenters. The van der Waals surface area contributed by atoms with Gasteiger partial charge in [0.25, 0.3) is 5.69 Å². The lowest BCUT2D eigenvalue weighted by Gasteiger charge is -2.18. The number of hydrogen-bond acceptors (Lipinski definition) is 4. The molecule has 0 bridgehead atoms. The minimum absolute atomic E-state index is 0.0511. The smallest absolute Gasteiger partial charge is 0.269 e. The predicted molar refractivity (Wildman–Crippen MR) is 107 cm³/mol. The highest BCUT2D eigenvalue weighted by molar-refractivity contribution is 6.31. The van der Waals surface area contributed by atoms with E-state index in [1.807, 2.05) is 18.2 Å². The number of halogens is 1. The molecule has 1 aliphatic carbocycles. The number of benzene rings is 2. The van der Waals surface area contributed by atoms with Crippen molar-refractivity contribution in [3.8, 4) is 0 Å². The van der Waals surface area contributed by atoms with E-state index < -0.39 is 4.92 Å². The minimum atomic E-state index is -0.503. The zero-order valence-electron chi connectivity index (χ0n) is 15.6. The number of carbonyl (C=O) groups is 2. The molecule has 3 rings (SSSR count). The predicted octanol–water partition coefficient (Wildman–Crippen LogP) is 4.36. The van der Waals surface area contributed by atoms with Gasteiger partial charge in [0, 0.05) is 49.2 Å². The summed E-state index contributed by atoms with van der Waals surface area (Å²) in [5.41, 5.74) is 3.61. The molecule has 0 atom stereocenters. The lowest BCUT2D eigenvalue weighted by atomic mass is 10.0. The quantitative estimate of drug-likeness (QED) is 0.393. The van der Waals surface area contributed by atoms with Crippen LogP contribution in [0.5, 0.6) is 0 Å². The van der Waals surface area contributed by atoms with Crippen LogP contribution in [0.1, 0.15) is 46.3 Å². The number of Topliss-reactive ketones (excluding diaryl/α,β-unsaturated/α-hetero) is 1. The number of ketones is 1. The first-order valence-corrected chi connectivity index (χ1v) is 9.54. The van der Waals surface area contributed by atoms with Crippen molar-refractivity contribution in [1.82, 2.24) is 4.90 Å². The summed E-state index contributed by atoms with van der Waals surface area (Å²) in [7, 11) is 1.59. The highest BCUT2D eigenvalue weighted by Crippen LogP contribution is 2.25. The lowest BCUT2D eigenvalue weighted by Crippen LogP contribution is -2.26.